The Bertz CT molecular complexity index is 434. The van der Waals surface area contributed by atoms with Crippen molar-refractivity contribution in [3.05, 3.63) is 60.2 Å². The number of ether oxygens (including phenoxy) is 2. The molecule has 0 atom stereocenters. The summed E-state index contributed by atoms with van der Waals surface area (Å²) in [7, 11) is 0. The Kier molecular flexibility index (Phi) is 4.03. The normalized spacial score (nSPS) is 9.94. The van der Waals surface area contributed by atoms with Gasteiger partial charge in [-0.3, -0.25) is 0 Å². The summed E-state index contributed by atoms with van der Waals surface area (Å²) in [4.78, 5) is 0. The number of aryl methyl sites for hydroxylation is 1. The molecular weight excluding hydrogens is 212 g/mol. The van der Waals surface area contributed by atoms with Gasteiger partial charge in [0, 0.05) is 0 Å². The Labute approximate surface area is 102 Å². The van der Waals surface area contributed by atoms with Crippen molar-refractivity contribution in [1.29, 1.82) is 0 Å². The summed E-state index contributed by atoms with van der Waals surface area (Å²) in [6, 6.07) is 17.8. The Morgan fingerprint density at radius 2 is 1.24 bits per heavy atom. The van der Waals surface area contributed by atoms with E-state index >= 15 is 0 Å². The fourth-order valence-electron chi connectivity index (χ4n) is 1.47. The maximum absolute atomic E-state index is 5.56. The Balaban J connectivity index is 1.71. The summed E-state index contributed by atoms with van der Waals surface area (Å²) < 4.78 is 11.1. The average Bonchev–Trinajstić information content (AvgIpc) is 2.38. The molecule has 2 rings (SSSR count). The molecule has 0 amide bonds. The minimum absolute atomic E-state index is 0.553. The van der Waals surface area contributed by atoms with E-state index in [0.29, 0.717) is 13.2 Å². The van der Waals surface area contributed by atoms with E-state index in [1.165, 1.54) is 5.56 Å². The van der Waals surface area contributed by atoms with E-state index in [2.05, 4.69) is 6.92 Å². The molecule has 0 aliphatic carbocycles. The van der Waals surface area contributed by atoms with Gasteiger partial charge < -0.3 is 9.47 Å². The van der Waals surface area contributed by atoms with E-state index in [9.17, 15) is 0 Å². The molecule has 0 saturated carbocycles. The zero-order valence-corrected chi connectivity index (χ0v) is 9.93. The van der Waals surface area contributed by atoms with E-state index < -0.39 is 0 Å². The largest absolute Gasteiger partial charge is 0.490 e. The second-order valence-corrected chi connectivity index (χ2v) is 3.82. The Morgan fingerprint density at radius 1 is 0.706 bits per heavy atom. The van der Waals surface area contributed by atoms with Crippen LogP contribution < -0.4 is 9.47 Å². The molecule has 2 nitrogen and oxygen atoms in total. The maximum atomic E-state index is 5.56. The molecule has 0 aromatic heterocycles. The maximum Gasteiger partial charge on any atom is 0.122 e. The van der Waals surface area contributed by atoms with Gasteiger partial charge in [0.2, 0.25) is 0 Å². The van der Waals surface area contributed by atoms with Crippen LogP contribution in [0.2, 0.25) is 0 Å². The fourth-order valence-corrected chi connectivity index (χ4v) is 1.47. The molecule has 2 aromatic carbocycles. The van der Waals surface area contributed by atoms with Crippen molar-refractivity contribution in [2.75, 3.05) is 13.2 Å². The topological polar surface area (TPSA) is 18.5 Å². The van der Waals surface area contributed by atoms with Gasteiger partial charge in [0.25, 0.3) is 0 Å². The van der Waals surface area contributed by atoms with Crippen molar-refractivity contribution >= 4 is 0 Å². The minimum Gasteiger partial charge on any atom is -0.490 e. The van der Waals surface area contributed by atoms with Crippen molar-refractivity contribution in [2.24, 2.45) is 0 Å². The fraction of sp³-hybridized carbons (Fsp3) is 0.200. The van der Waals surface area contributed by atoms with Crippen molar-refractivity contribution in [3.8, 4) is 11.5 Å². The molecule has 0 spiro atoms. The van der Waals surface area contributed by atoms with Crippen LogP contribution in [-0.2, 0) is 0 Å². The number of benzene rings is 2. The zero-order chi connectivity index (χ0) is 11.9. The molecule has 0 aliphatic heterocycles. The highest BCUT2D eigenvalue weighted by molar-refractivity contribution is 5.26. The number of rotatable bonds is 5. The van der Waals surface area contributed by atoms with E-state index in [-0.39, 0.29) is 0 Å². The summed E-state index contributed by atoms with van der Waals surface area (Å²) in [6.07, 6.45) is 0. The van der Waals surface area contributed by atoms with Crippen LogP contribution in [0.3, 0.4) is 0 Å². The van der Waals surface area contributed by atoms with Crippen molar-refractivity contribution in [1.82, 2.24) is 0 Å². The number of para-hydroxylation sites is 1. The third-order valence-corrected chi connectivity index (χ3v) is 2.38. The molecule has 0 radical (unpaired) electrons. The molecule has 2 aromatic rings. The smallest absolute Gasteiger partial charge is 0.122 e. The highest BCUT2D eigenvalue weighted by atomic mass is 16.5. The van der Waals surface area contributed by atoms with Gasteiger partial charge in [0.15, 0.2) is 0 Å². The lowest BCUT2D eigenvalue weighted by atomic mass is 10.2. The standard InChI is InChI=1S/C15H16O2/c1-13-7-9-15(10-8-13)17-12-11-16-14-5-3-2-4-6-14/h2-10H,11-12H2,1H3. The van der Waals surface area contributed by atoms with E-state index in [4.69, 9.17) is 9.47 Å². The zero-order valence-electron chi connectivity index (χ0n) is 9.93. The summed E-state index contributed by atoms with van der Waals surface area (Å²) in [5.41, 5.74) is 1.23. The van der Waals surface area contributed by atoms with Crippen LogP contribution in [0, 0.1) is 6.92 Å². The van der Waals surface area contributed by atoms with Crippen LogP contribution in [-0.4, -0.2) is 13.2 Å². The van der Waals surface area contributed by atoms with Gasteiger partial charge in [-0.2, -0.15) is 0 Å². The van der Waals surface area contributed by atoms with E-state index in [0.717, 1.165) is 11.5 Å². The first kappa shape index (κ1) is 11.5. The van der Waals surface area contributed by atoms with Gasteiger partial charge in [-0.15, -0.1) is 0 Å². The molecule has 0 aliphatic rings. The van der Waals surface area contributed by atoms with Crippen LogP contribution in [0.25, 0.3) is 0 Å². The van der Waals surface area contributed by atoms with Crippen LogP contribution in [0.1, 0.15) is 5.56 Å². The number of hydrogen-bond acceptors (Lipinski definition) is 2. The molecule has 2 heteroatoms. The first-order valence-corrected chi connectivity index (χ1v) is 5.72. The van der Waals surface area contributed by atoms with E-state index in [1.807, 2.05) is 54.6 Å². The first-order valence-electron chi connectivity index (χ1n) is 5.72. The van der Waals surface area contributed by atoms with Crippen molar-refractivity contribution in [2.45, 2.75) is 6.92 Å². The van der Waals surface area contributed by atoms with Crippen LogP contribution in [0.15, 0.2) is 54.6 Å². The SMILES string of the molecule is Cc1ccc(OCCOc2ccccc2)cc1. The molecule has 88 valence electrons. The lowest BCUT2D eigenvalue weighted by Crippen LogP contribution is -2.08. The summed E-state index contributed by atoms with van der Waals surface area (Å²) in [5, 5.41) is 0. The third-order valence-electron chi connectivity index (χ3n) is 2.38. The van der Waals surface area contributed by atoms with Crippen LogP contribution >= 0.6 is 0 Å². The van der Waals surface area contributed by atoms with Gasteiger partial charge in [-0.25, -0.2) is 0 Å². The molecule has 0 unspecified atom stereocenters. The predicted molar refractivity (Wildman–Crippen MR) is 68.6 cm³/mol. The van der Waals surface area contributed by atoms with Gasteiger partial charge in [0.05, 0.1) is 0 Å². The molecule has 0 saturated heterocycles. The van der Waals surface area contributed by atoms with Gasteiger partial charge in [0.1, 0.15) is 24.7 Å². The highest BCUT2D eigenvalue weighted by Crippen LogP contribution is 2.12. The van der Waals surface area contributed by atoms with Crippen LogP contribution in [0.5, 0.6) is 11.5 Å². The second-order valence-electron chi connectivity index (χ2n) is 3.82. The van der Waals surface area contributed by atoms with Crippen molar-refractivity contribution in [3.63, 3.8) is 0 Å². The van der Waals surface area contributed by atoms with E-state index in [1.54, 1.807) is 0 Å². The lowest BCUT2D eigenvalue weighted by molar-refractivity contribution is 0.217. The second kappa shape index (κ2) is 5.94. The van der Waals surface area contributed by atoms with Crippen LogP contribution in [0.4, 0.5) is 0 Å². The Hall–Kier alpha value is -1.96. The molecule has 0 N–H and O–H groups in total. The molecule has 0 heterocycles. The van der Waals surface area contributed by atoms with Crippen molar-refractivity contribution < 1.29 is 9.47 Å². The number of hydrogen-bond donors (Lipinski definition) is 0. The van der Waals surface area contributed by atoms with Gasteiger partial charge >= 0.3 is 0 Å². The summed E-state index contributed by atoms with van der Waals surface area (Å²) in [5.74, 6) is 1.76. The minimum atomic E-state index is 0.553. The molecule has 17 heavy (non-hydrogen) atoms. The third kappa shape index (κ3) is 3.83. The Morgan fingerprint density at radius 3 is 1.82 bits per heavy atom. The summed E-state index contributed by atoms with van der Waals surface area (Å²) in [6.45, 7) is 3.16. The monoisotopic (exact) mass is 228 g/mol. The quantitative estimate of drug-likeness (QED) is 0.730. The highest BCUT2D eigenvalue weighted by Gasteiger charge is 1.94. The molecule has 0 bridgehead atoms. The van der Waals surface area contributed by atoms with Gasteiger partial charge in [-0.05, 0) is 31.2 Å². The summed E-state index contributed by atoms with van der Waals surface area (Å²) >= 11 is 0. The van der Waals surface area contributed by atoms with Gasteiger partial charge in [-0.1, -0.05) is 35.9 Å². The average molecular weight is 228 g/mol. The molecular formula is C15H16O2. The molecule has 0 fully saturated rings. The first-order chi connectivity index (χ1) is 8.34. The lowest BCUT2D eigenvalue weighted by Gasteiger charge is -2.08. The predicted octanol–water partition coefficient (Wildman–Crippen LogP) is 3.45.